The zero-order valence-electron chi connectivity index (χ0n) is 80.0. The number of aliphatic hydroxyl groups is 4. The number of carbonyl (C=O) groups is 18. The molecule has 52 nitrogen and oxygen atoms in total. The lowest BCUT2D eigenvalue weighted by Crippen LogP contribution is -2.61. The van der Waals surface area contributed by atoms with E-state index >= 15 is 0 Å². The number of amides is 18. The first-order valence-corrected chi connectivity index (χ1v) is 48.2. The summed E-state index contributed by atoms with van der Waals surface area (Å²) in [5.74, 6) is -22.2. The van der Waals surface area contributed by atoms with Gasteiger partial charge < -0.3 is 172 Å². The number of guanidine groups is 2. The summed E-state index contributed by atoms with van der Waals surface area (Å²) in [7, 11) is 1.63. The van der Waals surface area contributed by atoms with Gasteiger partial charge in [-0.1, -0.05) is 114 Å². The van der Waals surface area contributed by atoms with Gasteiger partial charge in [0.05, 0.1) is 51.6 Å². The Morgan fingerprint density at radius 1 is 0.314 bits per heavy atom. The lowest BCUT2D eigenvalue weighted by molar-refractivity contribution is -0.136. The summed E-state index contributed by atoms with van der Waals surface area (Å²) >= 11 is 0. The number of rotatable bonds is 69. The maximum atomic E-state index is 14.7. The van der Waals surface area contributed by atoms with Crippen molar-refractivity contribution in [2.24, 2.45) is 69.5 Å². The number of phenolic OH excluding ortho intramolecular Hbond substituents is 2. The van der Waals surface area contributed by atoms with Gasteiger partial charge in [0.2, 0.25) is 106 Å². The van der Waals surface area contributed by atoms with Crippen molar-refractivity contribution < 1.29 is 117 Å². The first-order chi connectivity index (χ1) is 66.0. The van der Waals surface area contributed by atoms with Crippen molar-refractivity contribution in [3.8, 4) is 11.5 Å². The predicted molar refractivity (Wildman–Crippen MR) is 517 cm³/mol. The average molecular weight is 2020 g/mol. The molecule has 0 fully saturated rings. The van der Waals surface area contributed by atoms with Crippen molar-refractivity contribution in [2.75, 3.05) is 77.2 Å². The normalized spacial score (nSPS) is 14.6. The number of primary amides is 2. The molecule has 2 rings (SSSR count). The summed E-state index contributed by atoms with van der Waals surface area (Å²) in [4.78, 5) is 248. The second-order valence-corrected chi connectivity index (χ2v) is 37.2. The van der Waals surface area contributed by atoms with Crippen LogP contribution in [0.15, 0.2) is 48.5 Å². The third kappa shape index (κ3) is 48.3. The van der Waals surface area contributed by atoms with Crippen LogP contribution in [0, 0.1) is 34.5 Å². The highest BCUT2D eigenvalue weighted by molar-refractivity contribution is 8.76. The van der Waals surface area contributed by atoms with E-state index in [0.29, 0.717) is 62.7 Å². The number of hydrogen-bond acceptors (Lipinski definition) is 32. The number of phenols is 2. The summed E-state index contributed by atoms with van der Waals surface area (Å²) < 4.78 is 0. The number of benzene rings is 2. The molecule has 0 bridgehead atoms. The summed E-state index contributed by atoms with van der Waals surface area (Å²) in [5.41, 5.74) is 46.1. The van der Waals surface area contributed by atoms with E-state index in [1.165, 1.54) is 48.5 Å². The fraction of sp³-hybridized carbons (Fsp3) is 0.628. The lowest BCUT2D eigenvalue weighted by Gasteiger charge is -2.28. The van der Waals surface area contributed by atoms with Gasteiger partial charge in [-0.2, -0.15) is 0 Å². The highest BCUT2D eigenvalue weighted by Gasteiger charge is 2.39. The third-order valence-electron chi connectivity index (χ3n) is 21.1. The second-order valence-electron chi connectivity index (χ2n) is 34.6. The average Bonchev–Trinajstić information content (AvgIpc) is 0.855. The molecule has 0 aliphatic heterocycles. The Morgan fingerprint density at radius 2 is 0.571 bits per heavy atom. The van der Waals surface area contributed by atoms with E-state index in [2.05, 4.69) is 95.7 Å². The zero-order valence-corrected chi connectivity index (χ0v) is 81.7. The number of aromatic hydroxyl groups is 2. The molecule has 0 unspecified atom stereocenters. The number of nitrogens with one attached hydrogen (secondary N) is 20. The van der Waals surface area contributed by atoms with Gasteiger partial charge in [0.15, 0.2) is 11.9 Å². The summed E-state index contributed by atoms with van der Waals surface area (Å²) in [6.45, 7) is 8.10. The van der Waals surface area contributed by atoms with Crippen LogP contribution in [0.4, 0.5) is 0 Å². The molecule has 0 saturated heterocycles. The minimum absolute atomic E-state index is 0.0213. The Labute approximate surface area is 819 Å². The van der Waals surface area contributed by atoms with E-state index in [4.69, 9.17) is 56.7 Å². The van der Waals surface area contributed by atoms with Gasteiger partial charge in [-0.3, -0.25) is 97.1 Å². The molecule has 0 saturated carbocycles. The van der Waals surface area contributed by atoms with Crippen molar-refractivity contribution in [3.05, 3.63) is 59.7 Å². The Bertz CT molecular complexity index is 4130. The Kier molecular flexibility index (Phi) is 58.3. The predicted octanol–water partition coefficient (Wildman–Crippen LogP) is -10.9. The molecule has 0 aliphatic carbocycles. The second kappa shape index (κ2) is 66.1. The molecule has 0 radical (unpaired) electrons. The van der Waals surface area contributed by atoms with Gasteiger partial charge in [0.25, 0.3) is 0 Å². The number of nitrogens with two attached hydrogens (primary N) is 8. The SMILES string of the molecule is CC(C)C[C@H](NC(=O)[C@H](CO)NC(=O)[C@@H](NC(=O)CNC(=O)[C@@H](N)CCCCN)C(C)C)C(=O)N[C@@H](CO)C(=O)N[C@@H](Cc1ccc(O)cc1)C(=O)N[C@@H](CCCNC(=N)N)C(=O)N[C@@H](CSSC[C@@H](NC(=O)[C@@H](CCCNC(=N)N)NC(=O)[C@@H](Cc1ccc(O)cc1)NC(=O)[C@@H](CO)NC(=O)[C@@H](CC(C)C)NC(=O)[C@@H](CO)NC(=O)[C@H](NC(=O)CNC(=O)[C@H](N)CCCCN)C(C)C)C(N)=O)C(N)=O. The molecule has 42 N–H and O–H groups in total. The van der Waals surface area contributed by atoms with Crippen LogP contribution in [-0.2, 0) is 99.1 Å². The van der Waals surface area contributed by atoms with Crippen molar-refractivity contribution in [2.45, 2.75) is 242 Å². The van der Waals surface area contributed by atoms with Crippen LogP contribution in [-0.4, -0.2) is 323 Å². The monoisotopic (exact) mass is 2020 g/mol. The first-order valence-electron chi connectivity index (χ1n) is 45.7. The molecule has 16 atom stereocenters. The number of hydrogen-bond donors (Lipinski definition) is 34. The van der Waals surface area contributed by atoms with Crippen LogP contribution < -0.4 is 142 Å². The van der Waals surface area contributed by atoms with Crippen LogP contribution in [0.25, 0.3) is 0 Å². The molecular weight excluding hydrogens is 1870 g/mol. The maximum absolute atomic E-state index is 14.7. The van der Waals surface area contributed by atoms with E-state index in [1.54, 1.807) is 55.4 Å². The van der Waals surface area contributed by atoms with Gasteiger partial charge in [-0.25, -0.2) is 0 Å². The molecule has 786 valence electrons. The Hall–Kier alpha value is -12.6. The molecule has 2 aromatic carbocycles. The molecule has 0 heterocycles. The Balaban J connectivity index is 2.46. The van der Waals surface area contributed by atoms with E-state index in [-0.39, 0.29) is 74.9 Å². The van der Waals surface area contributed by atoms with Crippen LogP contribution in [0.1, 0.15) is 144 Å². The molecule has 0 aliphatic rings. The van der Waals surface area contributed by atoms with Crippen molar-refractivity contribution in [1.82, 2.24) is 95.7 Å². The fourth-order valence-electron chi connectivity index (χ4n) is 13.2. The van der Waals surface area contributed by atoms with Gasteiger partial charge >= 0.3 is 0 Å². The van der Waals surface area contributed by atoms with Crippen LogP contribution in [0.5, 0.6) is 11.5 Å². The summed E-state index contributed by atoms with van der Waals surface area (Å²) in [6.07, 6.45) is 1.26. The van der Waals surface area contributed by atoms with E-state index in [0.717, 1.165) is 21.6 Å². The van der Waals surface area contributed by atoms with Gasteiger partial charge in [0, 0.05) is 37.4 Å². The van der Waals surface area contributed by atoms with E-state index in [9.17, 15) is 117 Å². The highest BCUT2D eigenvalue weighted by Crippen LogP contribution is 2.24. The number of unbranched alkanes of at least 4 members (excludes halogenated alkanes) is 2. The third-order valence-corrected chi connectivity index (χ3v) is 23.5. The lowest BCUT2D eigenvalue weighted by atomic mass is 10.0. The quantitative estimate of drug-likeness (QED) is 0.0127. The molecule has 0 aromatic heterocycles. The zero-order chi connectivity index (χ0) is 106. The van der Waals surface area contributed by atoms with Crippen LogP contribution in [0.2, 0.25) is 0 Å². The fourth-order valence-corrected chi connectivity index (χ4v) is 15.5. The standard InChI is InChI=1S/C86H146N28O24S2/c1-43(2)31-55(103-81(135)61(39-117)109-83(137)67(45(5)6)113-65(121)35-99-71(125)51(89)15-9-11-27-87)75(129)107-59(37-115)79(133)105-57(33-47-19-23-49(119)24-20-47)77(131)101-53(17-13-29-97-85(93)94)73(127)111-63(69(91)123)41-139-140-42-64(70(92)124)112-74(128)54(18-14-30-98-86(95)96)102-78(132)58(34-48-21-25-50(120)26-22-48)106-80(134)60(38-116)108-76(130)56(32-44(3)4)104-82(136)62(40-118)110-84(138)68(46(7)8)114-66(122)36-100-72(126)52(90)16-10-12-28-88/h19-26,43-46,51-64,67-68,115-120H,9-18,27-42,87-90H2,1-8H3,(H2,91,123)(H2,92,124)(H,99,125)(H,100,126)(H,101,131)(H,102,132)(H,103,135)(H,104,136)(H,105,133)(H,106,134)(H,107,129)(H,108,130)(H,109,137)(H,110,138)(H,111,127)(H,112,128)(H,113,121)(H,114,122)(H4,93,94,97)(H4,95,96,98)/t51-,52+,53-,54+,55-,56+,57-,58+,59-,60+,61-,62+,63-,64+,67-,68+. The highest BCUT2D eigenvalue weighted by atomic mass is 33.1. The Morgan fingerprint density at radius 3 is 0.843 bits per heavy atom. The van der Waals surface area contributed by atoms with E-state index in [1.807, 2.05) is 0 Å². The van der Waals surface area contributed by atoms with Crippen molar-refractivity contribution in [1.29, 1.82) is 10.8 Å². The molecule has 54 heteroatoms. The number of carbonyl (C=O) groups excluding carboxylic acids is 18. The van der Waals surface area contributed by atoms with E-state index < -0.39 is 291 Å². The molecule has 0 spiro atoms. The molecule has 18 amide bonds. The molecule has 140 heavy (non-hydrogen) atoms. The summed E-state index contributed by atoms with van der Waals surface area (Å²) in [6, 6.07) is -14.2. The smallest absolute Gasteiger partial charge is 0.245 e. The van der Waals surface area contributed by atoms with Crippen LogP contribution >= 0.6 is 21.6 Å². The molecular formula is C86H146N28O24S2. The first kappa shape index (κ1) is 123. The molecule has 2 aromatic rings. The minimum atomic E-state index is -1.90. The van der Waals surface area contributed by atoms with Crippen LogP contribution in [0.3, 0.4) is 0 Å². The van der Waals surface area contributed by atoms with Gasteiger partial charge in [-0.15, -0.1) is 0 Å². The summed E-state index contributed by atoms with van der Waals surface area (Å²) in [5, 5.41) is 122. The van der Waals surface area contributed by atoms with Gasteiger partial charge in [0.1, 0.15) is 96.1 Å². The number of aliphatic hydroxyl groups excluding tert-OH is 4. The van der Waals surface area contributed by atoms with Crippen molar-refractivity contribution >= 4 is 140 Å². The van der Waals surface area contributed by atoms with Gasteiger partial charge in [-0.05, 0) is 136 Å². The minimum Gasteiger partial charge on any atom is -0.508 e. The topological polar surface area (TPSA) is 901 Å². The van der Waals surface area contributed by atoms with Crippen molar-refractivity contribution in [3.63, 3.8) is 0 Å². The largest absolute Gasteiger partial charge is 0.508 e. The maximum Gasteiger partial charge on any atom is 0.245 e.